The number of fused-ring (bicyclic) bond motifs is 1. The van der Waals surface area contributed by atoms with Crippen molar-refractivity contribution in [1.29, 1.82) is 0 Å². The maximum atomic E-state index is 5.65. The Balaban J connectivity index is 1.65. The number of thiazole rings is 1. The predicted molar refractivity (Wildman–Crippen MR) is 80.4 cm³/mol. The molecule has 1 fully saturated rings. The van der Waals surface area contributed by atoms with Gasteiger partial charge in [-0.3, -0.25) is 14.4 Å². The summed E-state index contributed by atoms with van der Waals surface area (Å²) in [6.45, 7) is 5.35. The Morgan fingerprint density at radius 1 is 1.52 bits per heavy atom. The van der Waals surface area contributed by atoms with Gasteiger partial charge in [0, 0.05) is 30.9 Å². The lowest BCUT2D eigenvalue weighted by atomic mass is 10.1. The number of H-pyrrole nitrogens is 1. The second-order valence-electron chi connectivity index (χ2n) is 5.27. The Morgan fingerprint density at radius 2 is 2.48 bits per heavy atom. The Labute approximate surface area is 126 Å². The summed E-state index contributed by atoms with van der Waals surface area (Å²) < 4.78 is 7.84. The van der Waals surface area contributed by atoms with E-state index in [1.165, 1.54) is 5.69 Å². The molecule has 1 saturated heterocycles. The fraction of sp³-hybridized carbons (Fsp3) is 0.429. The molecule has 4 rings (SSSR count). The van der Waals surface area contributed by atoms with Crippen LogP contribution >= 0.6 is 11.3 Å². The van der Waals surface area contributed by atoms with Crippen LogP contribution < -0.4 is 0 Å². The second kappa shape index (κ2) is 5.25. The summed E-state index contributed by atoms with van der Waals surface area (Å²) in [6, 6.07) is 2.25. The predicted octanol–water partition coefficient (Wildman–Crippen LogP) is 2.00. The number of aromatic nitrogens is 4. The molecule has 4 heterocycles. The average molecular weight is 303 g/mol. The molecule has 6 nitrogen and oxygen atoms in total. The van der Waals surface area contributed by atoms with Gasteiger partial charge in [-0.05, 0) is 13.0 Å². The third kappa shape index (κ3) is 2.27. The van der Waals surface area contributed by atoms with Gasteiger partial charge >= 0.3 is 0 Å². The summed E-state index contributed by atoms with van der Waals surface area (Å²) >= 11 is 1.68. The van der Waals surface area contributed by atoms with Crippen LogP contribution in [0.25, 0.3) is 4.96 Å². The van der Waals surface area contributed by atoms with Gasteiger partial charge in [0.1, 0.15) is 0 Å². The van der Waals surface area contributed by atoms with Crippen LogP contribution in [-0.4, -0.2) is 44.2 Å². The first-order chi connectivity index (χ1) is 10.3. The molecule has 21 heavy (non-hydrogen) atoms. The van der Waals surface area contributed by atoms with Crippen molar-refractivity contribution in [3.8, 4) is 0 Å². The number of aromatic amines is 1. The summed E-state index contributed by atoms with van der Waals surface area (Å²) in [4.78, 5) is 8.13. The normalized spacial score (nSPS) is 20.3. The molecule has 0 radical (unpaired) electrons. The van der Waals surface area contributed by atoms with Gasteiger partial charge in [-0.25, -0.2) is 4.98 Å². The maximum absolute atomic E-state index is 5.65. The molecule has 0 saturated carbocycles. The van der Waals surface area contributed by atoms with Gasteiger partial charge in [-0.1, -0.05) is 0 Å². The number of ether oxygens (including phenoxy) is 1. The van der Waals surface area contributed by atoms with E-state index in [2.05, 4.69) is 43.0 Å². The molecule has 3 aromatic heterocycles. The van der Waals surface area contributed by atoms with Crippen molar-refractivity contribution in [3.05, 3.63) is 40.9 Å². The molecule has 1 N–H and O–H groups in total. The molecular weight excluding hydrogens is 286 g/mol. The largest absolute Gasteiger partial charge is 0.378 e. The third-order valence-electron chi connectivity index (χ3n) is 4.03. The van der Waals surface area contributed by atoms with E-state index in [-0.39, 0.29) is 6.04 Å². The first-order valence-corrected chi connectivity index (χ1v) is 7.93. The van der Waals surface area contributed by atoms with Crippen LogP contribution in [0.15, 0.2) is 23.8 Å². The number of aryl methyl sites for hydroxylation is 1. The van der Waals surface area contributed by atoms with Gasteiger partial charge in [0.15, 0.2) is 4.96 Å². The van der Waals surface area contributed by atoms with Crippen molar-refractivity contribution in [3.63, 3.8) is 0 Å². The SMILES string of the molecule is Cc1nc2sccn2c1CN1CCOC[C@@H]1c1ccn[nH]1. The maximum Gasteiger partial charge on any atom is 0.194 e. The van der Waals surface area contributed by atoms with E-state index in [1.807, 2.05) is 6.07 Å². The zero-order valence-corrected chi connectivity index (χ0v) is 12.6. The van der Waals surface area contributed by atoms with Crippen LogP contribution in [0.4, 0.5) is 0 Å². The van der Waals surface area contributed by atoms with Crippen molar-refractivity contribution < 1.29 is 4.74 Å². The van der Waals surface area contributed by atoms with Crippen molar-refractivity contribution in [1.82, 2.24) is 24.5 Å². The average Bonchev–Trinajstić information content (AvgIpc) is 3.20. The highest BCUT2D eigenvalue weighted by Crippen LogP contribution is 2.26. The summed E-state index contributed by atoms with van der Waals surface area (Å²) in [6.07, 6.45) is 3.89. The minimum Gasteiger partial charge on any atom is -0.378 e. The molecule has 0 amide bonds. The molecule has 3 aromatic rings. The fourth-order valence-corrected chi connectivity index (χ4v) is 3.67. The molecule has 1 aliphatic rings. The van der Waals surface area contributed by atoms with E-state index in [9.17, 15) is 0 Å². The first kappa shape index (κ1) is 13.0. The molecule has 1 aliphatic heterocycles. The zero-order chi connectivity index (χ0) is 14.2. The Bertz CT molecular complexity index is 732. The molecule has 1 atom stereocenters. The lowest BCUT2D eigenvalue weighted by Gasteiger charge is -2.34. The highest BCUT2D eigenvalue weighted by Gasteiger charge is 2.27. The Hall–Kier alpha value is -1.70. The zero-order valence-electron chi connectivity index (χ0n) is 11.8. The summed E-state index contributed by atoms with van der Waals surface area (Å²) in [5.41, 5.74) is 3.48. The van der Waals surface area contributed by atoms with E-state index < -0.39 is 0 Å². The highest BCUT2D eigenvalue weighted by atomic mass is 32.1. The van der Waals surface area contributed by atoms with Crippen molar-refractivity contribution in [2.45, 2.75) is 19.5 Å². The van der Waals surface area contributed by atoms with Crippen molar-refractivity contribution in [2.24, 2.45) is 0 Å². The number of nitrogens with zero attached hydrogens (tertiary/aromatic N) is 4. The van der Waals surface area contributed by atoms with Gasteiger partial charge in [-0.2, -0.15) is 5.10 Å². The number of hydrogen-bond acceptors (Lipinski definition) is 5. The second-order valence-corrected chi connectivity index (χ2v) is 6.15. The van der Waals surface area contributed by atoms with E-state index in [4.69, 9.17) is 4.74 Å². The number of hydrogen-bond donors (Lipinski definition) is 1. The standard InChI is InChI=1S/C14H17N5OS/c1-10-12(19-5-7-21-14(19)16-10)8-18-4-6-20-9-13(18)11-2-3-15-17-11/h2-3,5,7,13H,4,6,8-9H2,1H3,(H,15,17)/t13-/m1/s1. The molecule has 0 unspecified atom stereocenters. The summed E-state index contributed by atoms with van der Waals surface area (Å²) in [5, 5.41) is 9.22. The number of rotatable bonds is 3. The third-order valence-corrected chi connectivity index (χ3v) is 4.79. The van der Waals surface area contributed by atoms with Crippen LogP contribution in [0.2, 0.25) is 0 Å². The van der Waals surface area contributed by atoms with Crippen LogP contribution in [0.5, 0.6) is 0 Å². The number of imidazole rings is 1. The van der Waals surface area contributed by atoms with Crippen molar-refractivity contribution >= 4 is 16.3 Å². The molecular formula is C14H17N5OS. The van der Waals surface area contributed by atoms with E-state index in [0.29, 0.717) is 6.61 Å². The number of nitrogens with one attached hydrogen (secondary N) is 1. The highest BCUT2D eigenvalue weighted by molar-refractivity contribution is 7.15. The lowest BCUT2D eigenvalue weighted by Crippen LogP contribution is -2.39. The molecule has 0 aromatic carbocycles. The van der Waals surface area contributed by atoms with Gasteiger partial charge in [-0.15, -0.1) is 11.3 Å². The van der Waals surface area contributed by atoms with E-state index >= 15 is 0 Å². The molecule has 0 spiro atoms. The van der Waals surface area contributed by atoms with Gasteiger partial charge < -0.3 is 4.74 Å². The van der Waals surface area contributed by atoms with Crippen LogP contribution in [0.1, 0.15) is 23.1 Å². The molecule has 7 heteroatoms. The fourth-order valence-electron chi connectivity index (χ4n) is 2.89. The number of morpholine rings is 1. The van der Waals surface area contributed by atoms with E-state index in [0.717, 1.165) is 36.0 Å². The first-order valence-electron chi connectivity index (χ1n) is 7.05. The summed E-state index contributed by atoms with van der Waals surface area (Å²) in [5.74, 6) is 0. The monoisotopic (exact) mass is 303 g/mol. The molecule has 0 bridgehead atoms. The van der Waals surface area contributed by atoms with Gasteiger partial charge in [0.25, 0.3) is 0 Å². The Kier molecular flexibility index (Phi) is 3.25. The van der Waals surface area contributed by atoms with Gasteiger partial charge in [0.05, 0.1) is 36.3 Å². The summed E-state index contributed by atoms with van der Waals surface area (Å²) in [7, 11) is 0. The van der Waals surface area contributed by atoms with E-state index in [1.54, 1.807) is 17.5 Å². The Morgan fingerprint density at radius 3 is 3.33 bits per heavy atom. The minimum atomic E-state index is 0.227. The lowest BCUT2D eigenvalue weighted by molar-refractivity contribution is -0.0150. The van der Waals surface area contributed by atoms with Gasteiger partial charge in [0.2, 0.25) is 0 Å². The smallest absolute Gasteiger partial charge is 0.194 e. The topological polar surface area (TPSA) is 58.4 Å². The minimum absolute atomic E-state index is 0.227. The molecule has 110 valence electrons. The van der Waals surface area contributed by atoms with Crippen LogP contribution in [-0.2, 0) is 11.3 Å². The van der Waals surface area contributed by atoms with Crippen LogP contribution in [0.3, 0.4) is 0 Å². The van der Waals surface area contributed by atoms with Crippen molar-refractivity contribution in [2.75, 3.05) is 19.8 Å². The molecule has 0 aliphatic carbocycles. The van der Waals surface area contributed by atoms with Crippen LogP contribution in [0, 0.1) is 6.92 Å². The quantitative estimate of drug-likeness (QED) is 0.804.